The van der Waals surface area contributed by atoms with Crippen LogP contribution in [0.5, 0.6) is 0 Å². The highest BCUT2D eigenvalue weighted by Gasteiger charge is 2.10. The number of carbonyl (C=O) groups excluding carboxylic acids is 1. The lowest BCUT2D eigenvalue weighted by Gasteiger charge is -2.07. The summed E-state index contributed by atoms with van der Waals surface area (Å²) in [6, 6.07) is 13.3. The zero-order valence-electron chi connectivity index (χ0n) is 15.6. The standard InChI is InChI=1S/C22H16N6O/c1-28-13-18(11-26-28)16-7-15-8-21(25-12-20(15)24-9-16)27-22(29)17-6-14-4-2-3-5-19(14)23-10-17/h2-13H,1H3,(H,25,27,29). The minimum absolute atomic E-state index is 0.258. The van der Waals surface area contributed by atoms with Crippen molar-refractivity contribution in [3.63, 3.8) is 0 Å². The van der Waals surface area contributed by atoms with Crippen molar-refractivity contribution in [1.82, 2.24) is 24.7 Å². The third-order valence-electron chi connectivity index (χ3n) is 4.70. The van der Waals surface area contributed by atoms with Crippen molar-refractivity contribution in [3.05, 3.63) is 79.0 Å². The van der Waals surface area contributed by atoms with E-state index < -0.39 is 0 Å². The minimum Gasteiger partial charge on any atom is -0.306 e. The number of rotatable bonds is 3. The lowest BCUT2D eigenvalue weighted by Crippen LogP contribution is -2.13. The lowest BCUT2D eigenvalue weighted by atomic mass is 10.1. The van der Waals surface area contributed by atoms with Crippen LogP contribution in [0.25, 0.3) is 32.9 Å². The van der Waals surface area contributed by atoms with Gasteiger partial charge in [-0.25, -0.2) is 4.98 Å². The molecule has 4 heterocycles. The van der Waals surface area contributed by atoms with Crippen LogP contribution < -0.4 is 5.32 Å². The SMILES string of the molecule is Cn1cc(-c2cnc3cnc(NC(=O)c4cnc5ccccc5c4)cc3c2)cn1. The maximum Gasteiger partial charge on any atom is 0.258 e. The Labute approximate surface area is 166 Å². The van der Waals surface area contributed by atoms with E-state index in [9.17, 15) is 4.79 Å². The van der Waals surface area contributed by atoms with Crippen molar-refractivity contribution in [1.29, 1.82) is 0 Å². The molecule has 0 saturated heterocycles. The van der Waals surface area contributed by atoms with Gasteiger partial charge in [0.15, 0.2) is 0 Å². The van der Waals surface area contributed by atoms with E-state index >= 15 is 0 Å². The quantitative estimate of drug-likeness (QED) is 0.514. The molecule has 0 fully saturated rings. The van der Waals surface area contributed by atoms with Crippen molar-refractivity contribution < 1.29 is 4.79 Å². The van der Waals surface area contributed by atoms with Gasteiger partial charge in [-0.1, -0.05) is 18.2 Å². The normalized spacial score (nSPS) is 11.1. The molecule has 29 heavy (non-hydrogen) atoms. The largest absolute Gasteiger partial charge is 0.306 e. The Balaban J connectivity index is 1.45. The molecule has 0 radical (unpaired) electrons. The van der Waals surface area contributed by atoms with Crippen LogP contribution in [0.3, 0.4) is 0 Å². The fourth-order valence-electron chi connectivity index (χ4n) is 3.21. The second kappa shape index (κ2) is 6.79. The van der Waals surface area contributed by atoms with Crippen molar-refractivity contribution in [2.45, 2.75) is 0 Å². The molecule has 4 aromatic heterocycles. The molecular weight excluding hydrogens is 364 g/mol. The number of aromatic nitrogens is 5. The van der Waals surface area contributed by atoms with Gasteiger partial charge in [-0.05, 0) is 24.3 Å². The van der Waals surface area contributed by atoms with E-state index in [1.807, 2.05) is 55.7 Å². The highest BCUT2D eigenvalue weighted by atomic mass is 16.1. The summed E-state index contributed by atoms with van der Waals surface area (Å²) in [5.41, 5.74) is 4.01. The van der Waals surface area contributed by atoms with Gasteiger partial charge in [0.25, 0.3) is 5.91 Å². The highest BCUT2D eigenvalue weighted by Crippen LogP contribution is 2.23. The predicted molar refractivity (Wildman–Crippen MR) is 111 cm³/mol. The van der Waals surface area contributed by atoms with E-state index in [4.69, 9.17) is 0 Å². The molecule has 0 aliphatic rings. The number of pyridine rings is 3. The molecule has 0 saturated carbocycles. The van der Waals surface area contributed by atoms with Gasteiger partial charge in [0.05, 0.1) is 29.0 Å². The van der Waals surface area contributed by atoms with Crippen LogP contribution in [-0.4, -0.2) is 30.6 Å². The van der Waals surface area contributed by atoms with Crippen LogP contribution in [-0.2, 0) is 7.05 Å². The first kappa shape index (κ1) is 17.0. The first-order valence-corrected chi connectivity index (χ1v) is 9.07. The van der Waals surface area contributed by atoms with Crippen LogP contribution in [0.4, 0.5) is 5.82 Å². The van der Waals surface area contributed by atoms with E-state index in [2.05, 4.69) is 25.4 Å². The van der Waals surface area contributed by atoms with Crippen LogP contribution in [0, 0.1) is 0 Å². The zero-order valence-corrected chi connectivity index (χ0v) is 15.6. The summed E-state index contributed by atoms with van der Waals surface area (Å²) in [6.07, 6.45) is 8.73. The molecule has 140 valence electrons. The van der Waals surface area contributed by atoms with Gasteiger partial charge >= 0.3 is 0 Å². The maximum absolute atomic E-state index is 12.7. The minimum atomic E-state index is -0.258. The van der Waals surface area contributed by atoms with Gasteiger partial charge in [-0.3, -0.25) is 19.4 Å². The van der Waals surface area contributed by atoms with Crippen LogP contribution >= 0.6 is 0 Å². The van der Waals surface area contributed by atoms with Crippen molar-refractivity contribution in [3.8, 4) is 11.1 Å². The molecule has 0 bridgehead atoms. The summed E-state index contributed by atoms with van der Waals surface area (Å²) < 4.78 is 1.75. The smallest absolute Gasteiger partial charge is 0.258 e. The van der Waals surface area contributed by atoms with Crippen molar-refractivity contribution in [2.24, 2.45) is 7.05 Å². The number of para-hydroxylation sites is 1. The number of amides is 1. The van der Waals surface area contributed by atoms with E-state index in [0.717, 1.165) is 32.9 Å². The van der Waals surface area contributed by atoms with Crippen LogP contribution in [0.15, 0.2) is 73.4 Å². The van der Waals surface area contributed by atoms with Crippen molar-refractivity contribution in [2.75, 3.05) is 5.32 Å². The van der Waals surface area contributed by atoms with E-state index in [1.54, 1.807) is 29.5 Å². The molecule has 1 amide bonds. The summed E-state index contributed by atoms with van der Waals surface area (Å²) in [6.45, 7) is 0. The summed E-state index contributed by atoms with van der Waals surface area (Å²) in [5, 5.41) is 8.84. The summed E-state index contributed by atoms with van der Waals surface area (Å²) in [4.78, 5) is 25.8. The van der Waals surface area contributed by atoms with Gasteiger partial charge in [0.1, 0.15) is 5.82 Å². The second-order valence-corrected chi connectivity index (χ2v) is 6.76. The Bertz CT molecular complexity index is 1370. The molecule has 0 spiro atoms. The fourth-order valence-corrected chi connectivity index (χ4v) is 3.21. The first-order valence-electron chi connectivity index (χ1n) is 9.07. The van der Waals surface area contributed by atoms with Crippen molar-refractivity contribution >= 4 is 33.5 Å². The molecule has 0 unspecified atom stereocenters. The molecule has 1 N–H and O–H groups in total. The molecule has 5 rings (SSSR count). The molecule has 0 atom stereocenters. The number of benzene rings is 1. The van der Waals surface area contributed by atoms with Gasteiger partial charge in [-0.15, -0.1) is 0 Å². The Morgan fingerprint density at radius 2 is 1.72 bits per heavy atom. The predicted octanol–water partition coefficient (Wildman–Crippen LogP) is 3.83. The number of nitrogens with one attached hydrogen (secondary N) is 1. The average molecular weight is 380 g/mol. The van der Waals surface area contributed by atoms with E-state index in [-0.39, 0.29) is 5.91 Å². The molecule has 1 aromatic carbocycles. The third kappa shape index (κ3) is 3.29. The van der Waals surface area contributed by atoms with Crippen LogP contribution in [0.2, 0.25) is 0 Å². The summed E-state index contributed by atoms with van der Waals surface area (Å²) >= 11 is 0. The lowest BCUT2D eigenvalue weighted by molar-refractivity contribution is 0.102. The molecule has 7 nitrogen and oxygen atoms in total. The molecule has 0 aliphatic carbocycles. The number of hydrogen-bond donors (Lipinski definition) is 1. The van der Waals surface area contributed by atoms with Gasteiger partial charge in [0.2, 0.25) is 0 Å². The van der Waals surface area contributed by atoms with E-state index in [0.29, 0.717) is 11.4 Å². The molecular formula is C22H16N6O. The monoisotopic (exact) mass is 380 g/mol. The number of hydrogen-bond acceptors (Lipinski definition) is 5. The van der Waals surface area contributed by atoms with E-state index in [1.165, 1.54) is 0 Å². The van der Waals surface area contributed by atoms with Gasteiger partial charge < -0.3 is 5.32 Å². The number of aryl methyl sites for hydroxylation is 1. The van der Waals surface area contributed by atoms with Gasteiger partial charge in [-0.2, -0.15) is 5.10 Å². The number of fused-ring (bicyclic) bond motifs is 2. The Morgan fingerprint density at radius 1 is 0.862 bits per heavy atom. The summed E-state index contributed by atoms with van der Waals surface area (Å²) in [5.74, 6) is 0.201. The van der Waals surface area contributed by atoms with Crippen LogP contribution in [0.1, 0.15) is 10.4 Å². The Morgan fingerprint density at radius 3 is 2.59 bits per heavy atom. The molecule has 5 aromatic rings. The number of anilines is 1. The topological polar surface area (TPSA) is 85.6 Å². The molecule has 7 heteroatoms. The summed E-state index contributed by atoms with van der Waals surface area (Å²) in [7, 11) is 1.87. The highest BCUT2D eigenvalue weighted by molar-refractivity contribution is 6.05. The zero-order chi connectivity index (χ0) is 19.8. The third-order valence-corrected chi connectivity index (χ3v) is 4.70. The Kier molecular flexibility index (Phi) is 3.98. The van der Waals surface area contributed by atoms with Gasteiger partial charge in [0, 0.05) is 47.5 Å². The number of carbonyl (C=O) groups is 1. The molecule has 0 aliphatic heterocycles. The Hall–Kier alpha value is -4.13. The maximum atomic E-state index is 12.7. The second-order valence-electron chi connectivity index (χ2n) is 6.76. The number of nitrogens with zero attached hydrogens (tertiary/aromatic N) is 5. The average Bonchev–Trinajstić information content (AvgIpc) is 3.19. The first-order chi connectivity index (χ1) is 14.2. The fraction of sp³-hybridized carbons (Fsp3) is 0.0455.